The summed E-state index contributed by atoms with van der Waals surface area (Å²) in [6.45, 7) is 1.05. The fraction of sp³-hybridized carbons (Fsp3) is 0.500. The third kappa shape index (κ3) is 2.33. The van der Waals surface area contributed by atoms with Gasteiger partial charge in [-0.2, -0.15) is 15.1 Å². The van der Waals surface area contributed by atoms with Crippen molar-refractivity contribution in [1.82, 2.24) is 20.2 Å². The molecule has 0 aromatic carbocycles. The summed E-state index contributed by atoms with van der Waals surface area (Å²) in [4.78, 5) is 10.2. The van der Waals surface area contributed by atoms with Crippen LogP contribution in [-0.2, 0) is 9.84 Å². The van der Waals surface area contributed by atoms with Gasteiger partial charge < -0.3 is 10.6 Å². The Morgan fingerprint density at radius 1 is 1.26 bits per heavy atom. The lowest BCUT2D eigenvalue weighted by atomic mass is 10.3. The van der Waals surface area contributed by atoms with Crippen LogP contribution in [0.1, 0.15) is 6.42 Å². The van der Waals surface area contributed by atoms with E-state index in [2.05, 4.69) is 20.2 Å². The molecule has 2 aromatic rings. The van der Waals surface area contributed by atoms with Crippen molar-refractivity contribution < 1.29 is 8.42 Å². The summed E-state index contributed by atoms with van der Waals surface area (Å²) < 4.78 is 23.3. The van der Waals surface area contributed by atoms with Gasteiger partial charge in [-0.15, -0.1) is 0 Å². The summed E-state index contributed by atoms with van der Waals surface area (Å²) in [5.74, 6) is 1.15. The molecule has 3 heterocycles. The van der Waals surface area contributed by atoms with E-state index in [4.69, 9.17) is 5.73 Å². The molecule has 0 spiro atoms. The molecule has 1 aliphatic rings. The number of nitrogens with zero attached hydrogens (tertiary/aromatic N) is 4. The number of hydrogen-bond donors (Lipinski definition) is 2. The second kappa shape index (κ2) is 4.34. The maximum atomic E-state index is 11.6. The van der Waals surface area contributed by atoms with Gasteiger partial charge in [0.05, 0.1) is 23.1 Å². The number of nitrogens with two attached hydrogens (primary N) is 1. The molecule has 8 nitrogen and oxygen atoms in total. The van der Waals surface area contributed by atoms with Crippen molar-refractivity contribution >= 4 is 32.6 Å². The van der Waals surface area contributed by atoms with Crippen LogP contribution in [0.3, 0.4) is 0 Å². The Bertz CT molecular complexity index is 710. The van der Waals surface area contributed by atoms with Gasteiger partial charge in [0.15, 0.2) is 15.5 Å². The number of H-pyrrole nitrogens is 1. The summed E-state index contributed by atoms with van der Waals surface area (Å²) in [5, 5.41) is 7.43. The van der Waals surface area contributed by atoms with E-state index < -0.39 is 9.84 Å². The first-order valence-corrected chi connectivity index (χ1v) is 7.79. The number of nitrogens with one attached hydrogen (secondary N) is 1. The Hall–Kier alpha value is -1.90. The molecule has 0 radical (unpaired) electrons. The number of hydrogen-bond acceptors (Lipinski definition) is 7. The van der Waals surface area contributed by atoms with Crippen LogP contribution in [0.2, 0.25) is 0 Å². The third-order valence-electron chi connectivity index (χ3n) is 3.16. The predicted octanol–water partition coefficient (Wildman–Crippen LogP) is -0.440. The first-order chi connectivity index (χ1) is 9.05. The Morgan fingerprint density at radius 3 is 2.95 bits per heavy atom. The molecule has 3 rings (SSSR count). The van der Waals surface area contributed by atoms with Gasteiger partial charge >= 0.3 is 0 Å². The van der Waals surface area contributed by atoms with Crippen LogP contribution in [0.25, 0.3) is 11.0 Å². The topological polar surface area (TPSA) is 118 Å². The number of nitrogen functional groups attached to an aromatic ring is 1. The van der Waals surface area contributed by atoms with Crippen LogP contribution < -0.4 is 10.6 Å². The van der Waals surface area contributed by atoms with E-state index in [1.54, 1.807) is 6.20 Å². The minimum absolute atomic E-state index is 0.135. The highest BCUT2D eigenvalue weighted by atomic mass is 32.2. The largest absolute Gasteiger partial charge is 0.368 e. The highest BCUT2D eigenvalue weighted by Crippen LogP contribution is 2.24. The Balaban J connectivity index is 2.02. The number of rotatable bonds is 1. The van der Waals surface area contributed by atoms with Gasteiger partial charge in [0, 0.05) is 13.1 Å². The monoisotopic (exact) mass is 282 g/mol. The van der Waals surface area contributed by atoms with Gasteiger partial charge in [-0.25, -0.2) is 8.42 Å². The zero-order valence-electron chi connectivity index (χ0n) is 10.2. The number of aromatic amines is 1. The predicted molar refractivity (Wildman–Crippen MR) is 71.6 cm³/mol. The maximum Gasteiger partial charge on any atom is 0.224 e. The van der Waals surface area contributed by atoms with E-state index >= 15 is 0 Å². The molecule has 1 aliphatic heterocycles. The van der Waals surface area contributed by atoms with Gasteiger partial charge in [0.25, 0.3) is 0 Å². The standard InChI is InChI=1S/C10H14N6O2S/c11-10-13-8-7(6-12-15-8)9(14-10)16-2-1-4-19(17,18)5-3-16/h6H,1-5H2,(H3,11,12,13,14,15). The Labute approximate surface area is 109 Å². The van der Waals surface area contributed by atoms with Crippen molar-refractivity contribution in [2.24, 2.45) is 0 Å². The second-order valence-corrected chi connectivity index (χ2v) is 6.83. The van der Waals surface area contributed by atoms with Crippen LogP contribution in [0, 0.1) is 0 Å². The zero-order chi connectivity index (χ0) is 13.5. The summed E-state index contributed by atoms with van der Waals surface area (Å²) in [7, 11) is -2.95. The lowest BCUT2D eigenvalue weighted by molar-refractivity contribution is 0.597. The molecule has 19 heavy (non-hydrogen) atoms. The number of fused-ring (bicyclic) bond motifs is 1. The number of anilines is 2. The average Bonchev–Trinajstić information content (AvgIpc) is 2.72. The minimum Gasteiger partial charge on any atom is -0.368 e. The quantitative estimate of drug-likeness (QED) is 0.728. The second-order valence-electron chi connectivity index (χ2n) is 4.53. The molecule has 0 unspecified atom stereocenters. The van der Waals surface area contributed by atoms with Crippen molar-refractivity contribution in [2.45, 2.75) is 6.42 Å². The van der Waals surface area contributed by atoms with Gasteiger partial charge in [-0.3, -0.25) is 5.10 Å². The van der Waals surface area contributed by atoms with Crippen molar-refractivity contribution in [3.8, 4) is 0 Å². The van der Waals surface area contributed by atoms with Gasteiger partial charge in [-0.05, 0) is 6.42 Å². The SMILES string of the molecule is Nc1nc(N2CCCS(=O)(=O)CC2)c2cn[nH]c2n1. The first-order valence-electron chi connectivity index (χ1n) is 5.97. The Morgan fingerprint density at radius 2 is 2.11 bits per heavy atom. The van der Waals surface area contributed by atoms with E-state index in [9.17, 15) is 8.42 Å². The van der Waals surface area contributed by atoms with Crippen molar-refractivity contribution in [3.63, 3.8) is 0 Å². The molecular weight excluding hydrogens is 268 g/mol. The molecule has 0 bridgehead atoms. The van der Waals surface area contributed by atoms with E-state index in [0.717, 1.165) is 5.39 Å². The molecule has 0 amide bonds. The zero-order valence-corrected chi connectivity index (χ0v) is 11.0. The minimum atomic E-state index is -2.95. The fourth-order valence-corrected chi connectivity index (χ4v) is 3.50. The van der Waals surface area contributed by atoms with Gasteiger partial charge in [0.1, 0.15) is 5.82 Å². The average molecular weight is 282 g/mol. The lowest BCUT2D eigenvalue weighted by Gasteiger charge is -2.21. The summed E-state index contributed by atoms with van der Waals surface area (Å²) in [5.41, 5.74) is 6.23. The van der Waals surface area contributed by atoms with Crippen molar-refractivity contribution in [2.75, 3.05) is 35.2 Å². The molecule has 102 valence electrons. The Kier molecular flexibility index (Phi) is 2.77. The fourth-order valence-electron chi connectivity index (χ4n) is 2.23. The molecule has 3 N–H and O–H groups in total. The molecule has 0 atom stereocenters. The number of aromatic nitrogens is 4. The van der Waals surface area contributed by atoms with Crippen LogP contribution in [-0.4, -0.2) is 53.2 Å². The smallest absolute Gasteiger partial charge is 0.224 e. The summed E-state index contributed by atoms with van der Waals surface area (Å²) in [6.07, 6.45) is 2.22. The van der Waals surface area contributed by atoms with E-state index in [1.165, 1.54) is 0 Å². The molecule has 1 fully saturated rings. The van der Waals surface area contributed by atoms with Gasteiger partial charge in [-0.1, -0.05) is 0 Å². The van der Waals surface area contributed by atoms with E-state index in [-0.39, 0.29) is 17.5 Å². The van der Waals surface area contributed by atoms with Crippen LogP contribution in [0.5, 0.6) is 0 Å². The van der Waals surface area contributed by atoms with Crippen molar-refractivity contribution in [3.05, 3.63) is 6.20 Å². The normalized spacial score (nSPS) is 19.5. The molecule has 9 heteroatoms. The van der Waals surface area contributed by atoms with Crippen molar-refractivity contribution in [1.29, 1.82) is 0 Å². The molecule has 1 saturated heterocycles. The van der Waals surface area contributed by atoms with Crippen LogP contribution in [0.15, 0.2) is 6.20 Å². The van der Waals surface area contributed by atoms with E-state index in [0.29, 0.717) is 31.0 Å². The molecule has 0 saturated carbocycles. The molecular formula is C10H14N6O2S. The lowest BCUT2D eigenvalue weighted by Crippen LogP contribution is -2.28. The third-order valence-corrected chi connectivity index (χ3v) is 4.88. The summed E-state index contributed by atoms with van der Waals surface area (Å²) >= 11 is 0. The summed E-state index contributed by atoms with van der Waals surface area (Å²) in [6, 6.07) is 0. The first kappa shape index (κ1) is 12.2. The van der Waals surface area contributed by atoms with Crippen LogP contribution in [0.4, 0.5) is 11.8 Å². The van der Waals surface area contributed by atoms with Gasteiger partial charge in [0.2, 0.25) is 5.95 Å². The highest BCUT2D eigenvalue weighted by Gasteiger charge is 2.22. The number of sulfone groups is 1. The van der Waals surface area contributed by atoms with Crippen LogP contribution >= 0.6 is 0 Å². The maximum absolute atomic E-state index is 11.6. The molecule has 0 aliphatic carbocycles. The highest BCUT2D eigenvalue weighted by molar-refractivity contribution is 7.91. The van der Waals surface area contributed by atoms with E-state index in [1.807, 2.05) is 4.90 Å². The molecule has 2 aromatic heterocycles.